The van der Waals surface area contributed by atoms with E-state index in [4.69, 9.17) is 5.73 Å². The molecule has 2 aromatic rings. The molecular formula is C14H15N3O. The van der Waals surface area contributed by atoms with E-state index in [0.29, 0.717) is 17.9 Å². The van der Waals surface area contributed by atoms with E-state index in [1.54, 1.807) is 24.4 Å². The van der Waals surface area contributed by atoms with Gasteiger partial charge in [-0.05, 0) is 36.8 Å². The Labute approximate surface area is 106 Å². The van der Waals surface area contributed by atoms with Crippen molar-refractivity contribution < 1.29 is 4.79 Å². The third-order valence-electron chi connectivity index (χ3n) is 2.62. The second-order valence-electron chi connectivity index (χ2n) is 4.07. The van der Waals surface area contributed by atoms with Gasteiger partial charge in [0.1, 0.15) is 5.82 Å². The lowest BCUT2D eigenvalue weighted by molar-refractivity contribution is 0.102. The standard InChI is InChI=1S/C14H15N3O/c1-10-2-4-12(5-3-10)14(18)17-13-8-11(9-15)6-7-16-13/h2-8H,9,15H2,1H3,(H,16,17,18). The van der Waals surface area contributed by atoms with E-state index in [1.807, 2.05) is 25.1 Å². The zero-order valence-corrected chi connectivity index (χ0v) is 10.2. The first-order valence-corrected chi connectivity index (χ1v) is 5.72. The van der Waals surface area contributed by atoms with Crippen molar-refractivity contribution in [3.05, 3.63) is 59.3 Å². The maximum absolute atomic E-state index is 11.9. The van der Waals surface area contributed by atoms with Crippen molar-refractivity contribution in [2.75, 3.05) is 5.32 Å². The summed E-state index contributed by atoms with van der Waals surface area (Å²) in [4.78, 5) is 16.0. The number of amides is 1. The van der Waals surface area contributed by atoms with Gasteiger partial charge in [0, 0.05) is 18.3 Å². The molecule has 3 N–H and O–H groups in total. The molecule has 92 valence electrons. The predicted molar refractivity (Wildman–Crippen MR) is 71.3 cm³/mol. The lowest BCUT2D eigenvalue weighted by Gasteiger charge is -2.05. The maximum Gasteiger partial charge on any atom is 0.256 e. The molecule has 0 aliphatic rings. The number of anilines is 1. The number of aryl methyl sites for hydroxylation is 1. The third-order valence-corrected chi connectivity index (χ3v) is 2.62. The van der Waals surface area contributed by atoms with Crippen LogP contribution in [0.5, 0.6) is 0 Å². The first-order chi connectivity index (χ1) is 8.69. The molecule has 0 bridgehead atoms. The van der Waals surface area contributed by atoms with E-state index in [9.17, 15) is 4.79 Å². The summed E-state index contributed by atoms with van der Waals surface area (Å²) in [5.74, 6) is 0.347. The summed E-state index contributed by atoms with van der Waals surface area (Å²) in [6, 6.07) is 11.0. The highest BCUT2D eigenvalue weighted by Gasteiger charge is 2.06. The summed E-state index contributed by atoms with van der Waals surface area (Å²) in [5.41, 5.74) is 8.20. The third kappa shape index (κ3) is 2.93. The van der Waals surface area contributed by atoms with Crippen molar-refractivity contribution in [3.8, 4) is 0 Å². The largest absolute Gasteiger partial charge is 0.326 e. The molecule has 2 rings (SSSR count). The summed E-state index contributed by atoms with van der Waals surface area (Å²) in [6.45, 7) is 2.41. The van der Waals surface area contributed by atoms with E-state index in [1.165, 1.54) is 0 Å². The van der Waals surface area contributed by atoms with Crippen LogP contribution >= 0.6 is 0 Å². The Hall–Kier alpha value is -2.20. The van der Waals surface area contributed by atoms with E-state index in [2.05, 4.69) is 10.3 Å². The van der Waals surface area contributed by atoms with Gasteiger partial charge < -0.3 is 11.1 Å². The van der Waals surface area contributed by atoms with Crippen LogP contribution in [0.15, 0.2) is 42.6 Å². The minimum atomic E-state index is -0.170. The van der Waals surface area contributed by atoms with Gasteiger partial charge in [-0.2, -0.15) is 0 Å². The Morgan fingerprint density at radius 1 is 1.28 bits per heavy atom. The number of hydrogen-bond donors (Lipinski definition) is 2. The van der Waals surface area contributed by atoms with Gasteiger partial charge in [0.25, 0.3) is 5.91 Å². The molecule has 0 unspecified atom stereocenters. The maximum atomic E-state index is 11.9. The van der Waals surface area contributed by atoms with Gasteiger partial charge in [0.2, 0.25) is 0 Å². The highest BCUT2D eigenvalue weighted by atomic mass is 16.1. The van der Waals surface area contributed by atoms with E-state index < -0.39 is 0 Å². The fraction of sp³-hybridized carbons (Fsp3) is 0.143. The molecule has 1 aromatic heterocycles. The number of benzene rings is 1. The van der Waals surface area contributed by atoms with Crippen molar-refractivity contribution in [1.82, 2.24) is 4.98 Å². The molecule has 0 saturated carbocycles. The number of rotatable bonds is 3. The van der Waals surface area contributed by atoms with Crippen LogP contribution in [0.4, 0.5) is 5.82 Å². The van der Waals surface area contributed by atoms with Crippen molar-refractivity contribution >= 4 is 11.7 Å². The predicted octanol–water partition coefficient (Wildman–Crippen LogP) is 2.10. The Balaban J connectivity index is 2.13. The molecule has 4 heteroatoms. The number of carbonyl (C=O) groups excluding carboxylic acids is 1. The molecular weight excluding hydrogens is 226 g/mol. The molecule has 0 fully saturated rings. The van der Waals surface area contributed by atoms with Crippen LogP contribution in [-0.2, 0) is 6.54 Å². The van der Waals surface area contributed by atoms with Gasteiger partial charge in [-0.25, -0.2) is 4.98 Å². The van der Waals surface area contributed by atoms with Crippen LogP contribution in [0, 0.1) is 6.92 Å². The highest BCUT2D eigenvalue weighted by molar-refractivity contribution is 6.03. The van der Waals surface area contributed by atoms with Gasteiger partial charge in [0.05, 0.1) is 0 Å². The number of nitrogens with one attached hydrogen (secondary N) is 1. The summed E-state index contributed by atoms with van der Waals surface area (Å²) < 4.78 is 0. The van der Waals surface area contributed by atoms with Gasteiger partial charge in [-0.15, -0.1) is 0 Å². The summed E-state index contributed by atoms with van der Waals surface area (Å²) >= 11 is 0. The summed E-state index contributed by atoms with van der Waals surface area (Å²) in [7, 11) is 0. The summed E-state index contributed by atoms with van der Waals surface area (Å²) in [6.07, 6.45) is 1.63. The lowest BCUT2D eigenvalue weighted by atomic mass is 10.1. The van der Waals surface area contributed by atoms with Crippen molar-refractivity contribution in [2.45, 2.75) is 13.5 Å². The van der Waals surface area contributed by atoms with Crippen molar-refractivity contribution in [1.29, 1.82) is 0 Å². The second kappa shape index (κ2) is 5.42. The van der Waals surface area contributed by atoms with Crippen LogP contribution in [0.1, 0.15) is 21.5 Å². The summed E-state index contributed by atoms with van der Waals surface area (Å²) in [5, 5.41) is 2.75. The number of nitrogens with zero attached hydrogens (tertiary/aromatic N) is 1. The van der Waals surface area contributed by atoms with Crippen molar-refractivity contribution in [2.24, 2.45) is 5.73 Å². The average molecular weight is 241 g/mol. The molecule has 18 heavy (non-hydrogen) atoms. The fourth-order valence-corrected chi connectivity index (χ4v) is 1.56. The molecule has 0 aliphatic heterocycles. The van der Waals surface area contributed by atoms with Gasteiger partial charge in [-0.1, -0.05) is 17.7 Å². The minimum Gasteiger partial charge on any atom is -0.326 e. The van der Waals surface area contributed by atoms with Gasteiger partial charge in [-0.3, -0.25) is 4.79 Å². The topological polar surface area (TPSA) is 68.0 Å². The highest BCUT2D eigenvalue weighted by Crippen LogP contribution is 2.09. The molecule has 0 atom stereocenters. The quantitative estimate of drug-likeness (QED) is 0.864. The Morgan fingerprint density at radius 3 is 2.67 bits per heavy atom. The van der Waals surface area contributed by atoms with Gasteiger partial charge in [0.15, 0.2) is 0 Å². The first kappa shape index (κ1) is 12.3. The normalized spacial score (nSPS) is 10.1. The average Bonchev–Trinajstić information content (AvgIpc) is 2.39. The van der Waals surface area contributed by atoms with E-state index in [0.717, 1.165) is 11.1 Å². The van der Waals surface area contributed by atoms with Crippen molar-refractivity contribution in [3.63, 3.8) is 0 Å². The van der Waals surface area contributed by atoms with Crippen LogP contribution in [0.3, 0.4) is 0 Å². The molecule has 1 amide bonds. The minimum absolute atomic E-state index is 0.170. The van der Waals surface area contributed by atoms with E-state index in [-0.39, 0.29) is 5.91 Å². The molecule has 0 spiro atoms. The monoisotopic (exact) mass is 241 g/mol. The second-order valence-corrected chi connectivity index (χ2v) is 4.07. The molecule has 1 aromatic carbocycles. The zero-order valence-electron chi connectivity index (χ0n) is 10.2. The Bertz CT molecular complexity index is 549. The fourth-order valence-electron chi connectivity index (χ4n) is 1.56. The number of nitrogens with two attached hydrogens (primary N) is 1. The van der Waals surface area contributed by atoms with Crippen LogP contribution in [-0.4, -0.2) is 10.9 Å². The Kier molecular flexibility index (Phi) is 3.69. The zero-order chi connectivity index (χ0) is 13.0. The number of aromatic nitrogens is 1. The molecule has 0 saturated heterocycles. The first-order valence-electron chi connectivity index (χ1n) is 5.72. The lowest BCUT2D eigenvalue weighted by Crippen LogP contribution is -2.13. The number of carbonyl (C=O) groups is 1. The van der Waals surface area contributed by atoms with Crippen LogP contribution in [0.2, 0.25) is 0 Å². The number of hydrogen-bond acceptors (Lipinski definition) is 3. The van der Waals surface area contributed by atoms with E-state index >= 15 is 0 Å². The number of pyridine rings is 1. The van der Waals surface area contributed by atoms with Crippen LogP contribution < -0.4 is 11.1 Å². The molecule has 0 radical (unpaired) electrons. The van der Waals surface area contributed by atoms with Gasteiger partial charge >= 0.3 is 0 Å². The van der Waals surface area contributed by atoms with Crippen LogP contribution in [0.25, 0.3) is 0 Å². The smallest absolute Gasteiger partial charge is 0.256 e. The molecule has 1 heterocycles. The SMILES string of the molecule is Cc1ccc(C(=O)Nc2cc(CN)ccn2)cc1. The molecule has 0 aliphatic carbocycles. The Morgan fingerprint density at radius 2 is 2.00 bits per heavy atom. The molecule has 4 nitrogen and oxygen atoms in total.